The van der Waals surface area contributed by atoms with Gasteiger partial charge in [-0.2, -0.15) is 13.2 Å². The highest BCUT2D eigenvalue weighted by atomic mass is 19.4. The number of anilines is 2. The Hall–Kier alpha value is -1.43. The predicted octanol–water partition coefficient (Wildman–Crippen LogP) is 2.49. The molecule has 0 aliphatic rings. The fraction of sp³-hybridized carbons (Fsp3) is 0.500. The van der Waals surface area contributed by atoms with E-state index in [1.54, 1.807) is 0 Å². The standard InChI is InChI=1S/C12H17F3N2O/c1-11(2,18)7-17(3)10-5-4-8(16)6-9(10)12(13,14)15/h4-6,18H,7,16H2,1-3H3. The minimum atomic E-state index is -4.47. The zero-order valence-corrected chi connectivity index (χ0v) is 10.5. The molecule has 1 aromatic rings. The number of alkyl halides is 3. The lowest BCUT2D eigenvalue weighted by Gasteiger charge is -2.29. The number of nitrogens with zero attached hydrogens (tertiary/aromatic N) is 1. The molecule has 0 saturated carbocycles. The molecule has 0 amide bonds. The van der Waals surface area contributed by atoms with Crippen LogP contribution in [-0.2, 0) is 6.18 Å². The Bertz CT molecular complexity index is 424. The summed E-state index contributed by atoms with van der Waals surface area (Å²) in [5.74, 6) is 0. The van der Waals surface area contributed by atoms with E-state index < -0.39 is 17.3 Å². The third kappa shape index (κ3) is 3.80. The second-order valence-electron chi connectivity index (χ2n) is 4.94. The van der Waals surface area contributed by atoms with E-state index in [9.17, 15) is 18.3 Å². The molecule has 1 rings (SSSR count). The highest BCUT2D eigenvalue weighted by Gasteiger charge is 2.35. The lowest BCUT2D eigenvalue weighted by molar-refractivity contribution is -0.137. The van der Waals surface area contributed by atoms with Crippen LogP contribution in [0.2, 0.25) is 0 Å². The van der Waals surface area contributed by atoms with Gasteiger partial charge in [0.05, 0.1) is 11.2 Å². The Morgan fingerprint density at radius 2 is 1.83 bits per heavy atom. The first-order valence-electron chi connectivity index (χ1n) is 5.41. The third-order valence-corrected chi connectivity index (χ3v) is 2.36. The van der Waals surface area contributed by atoms with Crippen molar-refractivity contribution in [2.75, 3.05) is 24.2 Å². The summed E-state index contributed by atoms with van der Waals surface area (Å²) in [5, 5.41) is 9.65. The molecule has 0 unspecified atom stereocenters. The van der Waals surface area contributed by atoms with Gasteiger partial charge in [-0.1, -0.05) is 0 Å². The van der Waals surface area contributed by atoms with E-state index in [1.807, 2.05) is 0 Å². The molecule has 3 N–H and O–H groups in total. The SMILES string of the molecule is CN(CC(C)(C)O)c1ccc(N)cc1C(F)(F)F. The van der Waals surface area contributed by atoms with Crippen molar-refractivity contribution in [2.24, 2.45) is 0 Å². The summed E-state index contributed by atoms with van der Waals surface area (Å²) in [4.78, 5) is 1.36. The molecule has 0 aromatic heterocycles. The summed E-state index contributed by atoms with van der Waals surface area (Å²) >= 11 is 0. The van der Waals surface area contributed by atoms with Gasteiger partial charge in [0.2, 0.25) is 0 Å². The molecule has 102 valence electrons. The monoisotopic (exact) mass is 262 g/mol. The van der Waals surface area contributed by atoms with Crippen LogP contribution < -0.4 is 10.6 Å². The van der Waals surface area contributed by atoms with E-state index in [4.69, 9.17) is 5.73 Å². The number of nitrogen functional groups attached to an aromatic ring is 1. The number of aliphatic hydroxyl groups is 1. The minimum Gasteiger partial charge on any atom is -0.399 e. The fourth-order valence-electron chi connectivity index (χ4n) is 1.78. The van der Waals surface area contributed by atoms with Crippen LogP contribution in [-0.4, -0.2) is 24.3 Å². The van der Waals surface area contributed by atoms with Crippen molar-refractivity contribution < 1.29 is 18.3 Å². The second kappa shape index (κ2) is 4.68. The van der Waals surface area contributed by atoms with Gasteiger partial charge in [0, 0.05) is 25.0 Å². The van der Waals surface area contributed by atoms with E-state index in [2.05, 4.69) is 0 Å². The molecule has 0 aliphatic carbocycles. The van der Waals surface area contributed by atoms with Crippen LogP contribution in [0.15, 0.2) is 18.2 Å². The fourth-order valence-corrected chi connectivity index (χ4v) is 1.78. The van der Waals surface area contributed by atoms with Crippen LogP contribution in [0, 0.1) is 0 Å². The predicted molar refractivity (Wildman–Crippen MR) is 65.4 cm³/mol. The summed E-state index contributed by atoms with van der Waals surface area (Å²) in [6.45, 7) is 3.15. The largest absolute Gasteiger partial charge is 0.418 e. The Balaban J connectivity index is 3.16. The van der Waals surface area contributed by atoms with Gasteiger partial charge in [-0.15, -0.1) is 0 Å². The molecule has 0 radical (unpaired) electrons. The van der Waals surface area contributed by atoms with Crippen molar-refractivity contribution in [3.8, 4) is 0 Å². The van der Waals surface area contributed by atoms with Crippen LogP contribution in [0.1, 0.15) is 19.4 Å². The smallest absolute Gasteiger partial charge is 0.399 e. The van der Waals surface area contributed by atoms with Gasteiger partial charge in [-0.3, -0.25) is 0 Å². The zero-order chi connectivity index (χ0) is 14.1. The number of hydrogen-bond donors (Lipinski definition) is 2. The van der Waals surface area contributed by atoms with Gasteiger partial charge in [0.25, 0.3) is 0 Å². The van der Waals surface area contributed by atoms with Gasteiger partial charge in [0.15, 0.2) is 0 Å². The molecule has 3 nitrogen and oxygen atoms in total. The van der Waals surface area contributed by atoms with E-state index in [-0.39, 0.29) is 17.9 Å². The molecule has 18 heavy (non-hydrogen) atoms. The number of benzene rings is 1. The first-order chi connectivity index (χ1) is 8.00. The average Bonchev–Trinajstić information content (AvgIpc) is 2.13. The number of likely N-dealkylation sites (N-methyl/N-ethyl adjacent to an activating group) is 1. The maximum absolute atomic E-state index is 12.9. The lowest BCUT2D eigenvalue weighted by Crippen LogP contribution is -2.37. The van der Waals surface area contributed by atoms with Crippen molar-refractivity contribution in [1.82, 2.24) is 0 Å². The molecule has 6 heteroatoms. The second-order valence-corrected chi connectivity index (χ2v) is 4.94. The number of hydrogen-bond acceptors (Lipinski definition) is 3. The number of halogens is 3. The Morgan fingerprint density at radius 1 is 1.28 bits per heavy atom. The van der Waals surface area contributed by atoms with Gasteiger partial charge in [0.1, 0.15) is 0 Å². The number of nitrogens with two attached hydrogens (primary N) is 1. The summed E-state index contributed by atoms with van der Waals surface area (Å²) in [5.41, 5.74) is 3.56. The first kappa shape index (κ1) is 14.6. The first-order valence-corrected chi connectivity index (χ1v) is 5.41. The zero-order valence-electron chi connectivity index (χ0n) is 10.5. The average molecular weight is 262 g/mol. The van der Waals surface area contributed by atoms with Crippen molar-refractivity contribution in [1.29, 1.82) is 0 Å². The van der Waals surface area contributed by atoms with Crippen LogP contribution >= 0.6 is 0 Å². The molecule has 0 bridgehead atoms. The van der Waals surface area contributed by atoms with Gasteiger partial charge < -0.3 is 15.7 Å². The Kier molecular flexibility index (Phi) is 3.81. The van der Waals surface area contributed by atoms with Crippen molar-refractivity contribution in [3.05, 3.63) is 23.8 Å². The minimum absolute atomic E-state index is 0.00109. The van der Waals surface area contributed by atoms with Crippen molar-refractivity contribution in [3.63, 3.8) is 0 Å². The molecule has 0 spiro atoms. The molecular formula is C12H17F3N2O. The lowest BCUT2D eigenvalue weighted by atomic mass is 10.1. The normalized spacial score (nSPS) is 12.6. The van der Waals surface area contributed by atoms with E-state index in [1.165, 1.54) is 37.9 Å². The quantitative estimate of drug-likeness (QED) is 0.823. The van der Waals surface area contributed by atoms with Crippen molar-refractivity contribution >= 4 is 11.4 Å². The molecule has 1 aromatic carbocycles. The van der Waals surface area contributed by atoms with Gasteiger partial charge in [-0.05, 0) is 32.0 Å². The molecule has 0 fully saturated rings. The van der Waals surface area contributed by atoms with Crippen LogP contribution in [0.4, 0.5) is 24.5 Å². The summed E-state index contributed by atoms with van der Waals surface area (Å²) in [7, 11) is 1.50. The molecule has 0 atom stereocenters. The maximum atomic E-state index is 12.9. The summed E-state index contributed by atoms with van der Waals surface area (Å²) in [6, 6.07) is 3.62. The highest BCUT2D eigenvalue weighted by Crippen LogP contribution is 2.37. The Morgan fingerprint density at radius 3 is 2.28 bits per heavy atom. The van der Waals surface area contributed by atoms with E-state index in [0.29, 0.717) is 0 Å². The van der Waals surface area contributed by atoms with Crippen LogP contribution in [0.5, 0.6) is 0 Å². The van der Waals surface area contributed by atoms with Crippen molar-refractivity contribution in [2.45, 2.75) is 25.6 Å². The van der Waals surface area contributed by atoms with Crippen LogP contribution in [0.3, 0.4) is 0 Å². The van der Waals surface area contributed by atoms with E-state index in [0.717, 1.165) is 6.07 Å². The highest BCUT2D eigenvalue weighted by molar-refractivity contribution is 5.60. The molecule has 0 saturated heterocycles. The third-order valence-electron chi connectivity index (χ3n) is 2.36. The van der Waals surface area contributed by atoms with Gasteiger partial charge >= 0.3 is 6.18 Å². The summed E-state index contributed by atoms with van der Waals surface area (Å²) in [6.07, 6.45) is -4.47. The number of rotatable bonds is 3. The maximum Gasteiger partial charge on any atom is 0.418 e. The topological polar surface area (TPSA) is 49.5 Å². The Labute approximate surface area is 104 Å². The van der Waals surface area contributed by atoms with Gasteiger partial charge in [-0.25, -0.2) is 0 Å². The molecular weight excluding hydrogens is 245 g/mol. The van der Waals surface area contributed by atoms with Crippen LogP contribution in [0.25, 0.3) is 0 Å². The summed E-state index contributed by atoms with van der Waals surface area (Å²) < 4.78 is 38.6. The molecule has 0 aliphatic heterocycles. The molecule has 0 heterocycles. The van der Waals surface area contributed by atoms with E-state index >= 15 is 0 Å².